The van der Waals surface area contributed by atoms with Crippen LogP contribution in [0.1, 0.15) is 37.4 Å². The van der Waals surface area contributed by atoms with Gasteiger partial charge in [-0.2, -0.15) is 0 Å². The van der Waals surface area contributed by atoms with Gasteiger partial charge in [0.1, 0.15) is 0 Å². The lowest BCUT2D eigenvalue weighted by atomic mass is 9.92. The van der Waals surface area contributed by atoms with Gasteiger partial charge in [0.2, 0.25) is 0 Å². The highest BCUT2D eigenvalue weighted by molar-refractivity contribution is 6.32. The minimum Gasteiger partial charge on any atom is -0.313 e. The third-order valence-corrected chi connectivity index (χ3v) is 3.60. The normalized spacial score (nSPS) is 15.0. The first kappa shape index (κ1) is 12.5. The summed E-state index contributed by atoms with van der Waals surface area (Å²) in [6, 6.07) is 6.59. The lowest BCUT2D eigenvalue weighted by Gasteiger charge is -2.24. The first-order valence-corrected chi connectivity index (χ1v) is 5.91. The molecule has 0 aliphatic rings. The van der Waals surface area contributed by atoms with Crippen LogP contribution in [0, 0.1) is 12.8 Å². The molecular formula is C13H20ClN. The molecule has 2 heteroatoms. The summed E-state index contributed by atoms with van der Waals surface area (Å²) in [6.07, 6.45) is 1.15. The monoisotopic (exact) mass is 225 g/mol. The van der Waals surface area contributed by atoms with Gasteiger partial charge in [-0.3, -0.25) is 0 Å². The lowest BCUT2D eigenvalue weighted by molar-refractivity contribution is 0.400. The summed E-state index contributed by atoms with van der Waals surface area (Å²) >= 11 is 6.33. The zero-order chi connectivity index (χ0) is 11.4. The molecule has 1 rings (SSSR count). The van der Waals surface area contributed by atoms with E-state index in [0.717, 1.165) is 17.0 Å². The Balaban J connectivity index is 3.07. The van der Waals surface area contributed by atoms with Gasteiger partial charge in [-0.25, -0.2) is 0 Å². The van der Waals surface area contributed by atoms with E-state index >= 15 is 0 Å². The van der Waals surface area contributed by atoms with Gasteiger partial charge in [0.05, 0.1) is 0 Å². The van der Waals surface area contributed by atoms with E-state index in [1.54, 1.807) is 0 Å². The molecule has 0 amide bonds. The van der Waals surface area contributed by atoms with Crippen LogP contribution < -0.4 is 5.32 Å². The van der Waals surface area contributed by atoms with E-state index in [2.05, 4.69) is 44.3 Å². The van der Waals surface area contributed by atoms with Crippen LogP contribution in [0.4, 0.5) is 0 Å². The van der Waals surface area contributed by atoms with Gasteiger partial charge in [-0.1, -0.05) is 50.1 Å². The van der Waals surface area contributed by atoms with E-state index in [9.17, 15) is 0 Å². The first-order chi connectivity index (χ1) is 7.11. The Labute approximate surface area is 97.8 Å². The second kappa shape index (κ2) is 5.53. The van der Waals surface area contributed by atoms with E-state index in [0.29, 0.717) is 12.0 Å². The molecule has 0 aliphatic carbocycles. The minimum absolute atomic E-state index is 0.349. The smallest absolute Gasteiger partial charge is 0.0483 e. The number of nitrogens with one attached hydrogen (secondary N) is 1. The Hall–Kier alpha value is -0.530. The third-order valence-electron chi connectivity index (χ3n) is 3.08. The molecule has 0 bridgehead atoms. The van der Waals surface area contributed by atoms with Crippen molar-refractivity contribution in [1.82, 2.24) is 5.32 Å². The topological polar surface area (TPSA) is 12.0 Å². The molecule has 1 aromatic rings. The number of benzene rings is 1. The van der Waals surface area contributed by atoms with Crippen LogP contribution in [0.25, 0.3) is 0 Å². The fourth-order valence-corrected chi connectivity index (χ4v) is 2.14. The van der Waals surface area contributed by atoms with Gasteiger partial charge in [0.25, 0.3) is 0 Å². The van der Waals surface area contributed by atoms with Gasteiger partial charge in [0, 0.05) is 11.1 Å². The number of hydrogen-bond acceptors (Lipinski definition) is 1. The number of rotatable bonds is 4. The maximum Gasteiger partial charge on any atom is 0.0483 e. The molecule has 0 saturated heterocycles. The average Bonchev–Trinajstić information content (AvgIpc) is 2.24. The molecule has 84 valence electrons. The highest BCUT2D eigenvalue weighted by Crippen LogP contribution is 2.31. The van der Waals surface area contributed by atoms with Crippen LogP contribution in [0.15, 0.2) is 18.2 Å². The summed E-state index contributed by atoms with van der Waals surface area (Å²) in [7, 11) is 2.00. The number of halogens is 1. The predicted molar refractivity (Wildman–Crippen MR) is 67.4 cm³/mol. The molecule has 0 heterocycles. The summed E-state index contributed by atoms with van der Waals surface area (Å²) in [6.45, 7) is 6.51. The summed E-state index contributed by atoms with van der Waals surface area (Å²) < 4.78 is 0. The van der Waals surface area contributed by atoms with Gasteiger partial charge in [0.15, 0.2) is 0 Å². The Kier molecular flexibility index (Phi) is 4.62. The SMILES string of the molecule is CCC(C)C(NC)c1cccc(C)c1Cl. The molecule has 0 radical (unpaired) electrons. The number of hydrogen-bond donors (Lipinski definition) is 1. The molecule has 0 fully saturated rings. The molecule has 0 aliphatic heterocycles. The molecule has 0 spiro atoms. The molecular weight excluding hydrogens is 206 g/mol. The Bertz CT molecular complexity index is 322. The van der Waals surface area contributed by atoms with Crippen LogP contribution in [0.5, 0.6) is 0 Å². The fraction of sp³-hybridized carbons (Fsp3) is 0.538. The van der Waals surface area contributed by atoms with Crippen LogP contribution in [-0.4, -0.2) is 7.05 Å². The van der Waals surface area contributed by atoms with Crippen LogP contribution >= 0.6 is 11.6 Å². The second-order valence-corrected chi connectivity index (χ2v) is 4.51. The van der Waals surface area contributed by atoms with Crippen molar-refractivity contribution in [2.75, 3.05) is 7.05 Å². The molecule has 2 unspecified atom stereocenters. The average molecular weight is 226 g/mol. The van der Waals surface area contributed by atoms with E-state index < -0.39 is 0 Å². The largest absolute Gasteiger partial charge is 0.313 e. The standard InChI is InChI=1S/C13H20ClN/c1-5-9(2)13(15-4)11-8-6-7-10(3)12(11)14/h6-9,13,15H,5H2,1-4H3. The van der Waals surface area contributed by atoms with Crippen LogP contribution in [0.3, 0.4) is 0 Å². The fourth-order valence-electron chi connectivity index (χ4n) is 1.89. The lowest BCUT2D eigenvalue weighted by Crippen LogP contribution is -2.23. The minimum atomic E-state index is 0.349. The summed E-state index contributed by atoms with van der Waals surface area (Å²) in [5.41, 5.74) is 2.37. The zero-order valence-electron chi connectivity index (χ0n) is 9.97. The van der Waals surface area contributed by atoms with E-state index in [-0.39, 0.29) is 0 Å². The van der Waals surface area contributed by atoms with E-state index in [1.165, 1.54) is 5.56 Å². The van der Waals surface area contributed by atoms with Crippen LogP contribution in [0.2, 0.25) is 5.02 Å². The van der Waals surface area contributed by atoms with Crippen LogP contribution in [-0.2, 0) is 0 Å². The van der Waals surface area contributed by atoms with Gasteiger partial charge in [-0.15, -0.1) is 0 Å². The maximum atomic E-state index is 6.33. The van der Waals surface area contributed by atoms with Crippen molar-refractivity contribution in [2.45, 2.75) is 33.2 Å². The Morgan fingerprint density at radius 1 is 1.40 bits per heavy atom. The molecule has 2 atom stereocenters. The molecule has 1 nitrogen and oxygen atoms in total. The van der Waals surface area contributed by atoms with Crippen molar-refractivity contribution in [2.24, 2.45) is 5.92 Å². The molecule has 0 aromatic heterocycles. The van der Waals surface area contributed by atoms with Crippen molar-refractivity contribution < 1.29 is 0 Å². The second-order valence-electron chi connectivity index (χ2n) is 4.13. The van der Waals surface area contributed by atoms with E-state index in [1.807, 2.05) is 7.05 Å². The zero-order valence-corrected chi connectivity index (χ0v) is 10.7. The van der Waals surface area contributed by atoms with Gasteiger partial charge >= 0.3 is 0 Å². The third kappa shape index (κ3) is 2.73. The quantitative estimate of drug-likeness (QED) is 0.818. The van der Waals surface area contributed by atoms with Crippen molar-refractivity contribution >= 4 is 11.6 Å². The van der Waals surface area contributed by atoms with E-state index in [4.69, 9.17) is 11.6 Å². The van der Waals surface area contributed by atoms with Crippen molar-refractivity contribution in [3.63, 3.8) is 0 Å². The van der Waals surface area contributed by atoms with Gasteiger partial charge in [-0.05, 0) is 31.0 Å². The predicted octanol–water partition coefficient (Wildman–Crippen LogP) is 3.96. The highest BCUT2D eigenvalue weighted by Gasteiger charge is 2.18. The number of aryl methyl sites for hydroxylation is 1. The van der Waals surface area contributed by atoms with Crippen molar-refractivity contribution in [1.29, 1.82) is 0 Å². The summed E-state index contributed by atoms with van der Waals surface area (Å²) in [5.74, 6) is 0.592. The summed E-state index contributed by atoms with van der Waals surface area (Å²) in [4.78, 5) is 0. The highest BCUT2D eigenvalue weighted by atomic mass is 35.5. The molecule has 0 saturated carbocycles. The summed E-state index contributed by atoms with van der Waals surface area (Å²) in [5, 5.41) is 4.25. The Morgan fingerprint density at radius 3 is 2.60 bits per heavy atom. The maximum absolute atomic E-state index is 6.33. The molecule has 1 aromatic carbocycles. The van der Waals surface area contributed by atoms with Crippen molar-refractivity contribution in [3.8, 4) is 0 Å². The Morgan fingerprint density at radius 2 is 2.07 bits per heavy atom. The van der Waals surface area contributed by atoms with Gasteiger partial charge < -0.3 is 5.32 Å². The first-order valence-electron chi connectivity index (χ1n) is 5.54. The molecule has 15 heavy (non-hydrogen) atoms. The van der Waals surface area contributed by atoms with Crippen molar-refractivity contribution in [3.05, 3.63) is 34.3 Å². The molecule has 1 N–H and O–H groups in total.